The SMILES string of the molecule is COc1ccc(OC(=O)C2(c3cccnc3)CCC2)cc1. The lowest BCUT2D eigenvalue weighted by molar-refractivity contribution is -0.144. The fourth-order valence-electron chi connectivity index (χ4n) is 2.64. The third-order valence-electron chi connectivity index (χ3n) is 4.08. The average Bonchev–Trinajstić information content (AvgIpc) is 2.48. The van der Waals surface area contributed by atoms with Crippen LogP contribution in [0.3, 0.4) is 0 Å². The standard InChI is InChI=1S/C17H17NO3/c1-20-14-5-7-15(8-6-14)21-16(19)17(9-3-10-17)13-4-2-11-18-12-13/h2,4-8,11-12H,3,9-10H2,1H3. The minimum Gasteiger partial charge on any atom is -0.497 e. The van der Waals surface area contributed by atoms with Gasteiger partial charge >= 0.3 is 5.97 Å². The lowest BCUT2D eigenvalue weighted by Crippen LogP contribution is -2.45. The highest BCUT2D eigenvalue weighted by atomic mass is 16.5. The Bertz CT molecular complexity index is 618. The van der Waals surface area contributed by atoms with Gasteiger partial charge in [0.15, 0.2) is 0 Å². The van der Waals surface area contributed by atoms with Gasteiger partial charge in [-0.05, 0) is 48.7 Å². The minimum atomic E-state index is -0.534. The molecule has 3 rings (SSSR count). The van der Waals surface area contributed by atoms with Crippen molar-refractivity contribution in [3.8, 4) is 11.5 Å². The summed E-state index contributed by atoms with van der Waals surface area (Å²) in [6.07, 6.45) is 6.13. The summed E-state index contributed by atoms with van der Waals surface area (Å²) in [6.45, 7) is 0. The molecule has 0 atom stereocenters. The number of aromatic nitrogens is 1. The van der Waals surface area contributed by atoms with Crippen molar-refractivity contribution in [3.63, 3.8) is 0 Å². The maximum atomic E-state index is 12.6. The van der Waals surface area contributed by atoms with Crippen LogP contribution in [-0.2, 0) is 10.2 Å². The maximum Gasteiger partial charge on any atom is 0.322 e. The molecule has 0 aliphatic heterocycles. The Morgan fingerprint density at radius 3 is 2.38 bits per heavy atom. The van der Waals surface area contributed by atoms with Gasteiger partial charge in [-0.2, -0.15) is 0 Å². The molecule has 4 nitrogen and oxygen atoms in total. The molecule has 1 aliphatic rings. The Hall–Kier alpha value is -2.36. The van der Waals surface area contributed by atoms with E-state index in [0.29, 0.717) is 5.75 Å². The summed E-state index contributed by atoms with van der Waals surface area (Å²) in [5.41, 5.74) is 0.406. The van der Waals surface area contributed by atoms with Crippen LogP contribution in [0.4, 0.5) is 0 Å². The molecule has 2 aromatic rings. The molecule has 0 radical (unpaired) electrons. The molecule has 1 aliphatic carbocycles. The number of hydrogen-bond acceptors (Lipinski definition) is 4. The molecule has 1 aromatic carbocycles. The first-order valence-electron chi connectivity index (χ1n) is 7.01. The molecule has 0 amide bonds. The molecular formula is C17H17NO3. The van der Waals surface area contributed by atoms with E-state index >= 15 is 0 Å². The van der Waals surface area contributed by atoms with Gasteiger partial charge in [0.2, 0.25) is 0 Å². The van der Waals surface area contributed by atoms with Crippen LogP contribution in [0, 0.1) is 0 Å². The van der Waals surface area contributed by atoms with Gasteiger partial charge in [-0.25, -0.2) is 0 Å². The molecule has 108 valence electrons. The number of esters is 1. The lowest BCUT2D eigenvalue weighted by atomic mass is 9.65. The Kier molecular flexibility index (Phi) is 3.60. The summed E-state index contributed by atoms with van der Waals surface area (Å²) in [6, 6.07) is 10.8. The van der Waals surface area contributed by atoms with E-state index in [0.717, 1.165) is 30.6 Å². The largest absolute Gasteiger partial charge is 0.497 e. The third-order valence-corrected chi connectivity index (χ3v) is 4.08. The van der Waals surface area contributed by atoms with E-state index in [2.05, 4.69) is 4.98 Å². The zero-order valence-electron chi connectivity index (χ0n) is 11.9. The number of pyridine rings is 1. The van der Waals surface area contributed by atoms with Crippen LogP contribution in [0.2, 0.25) is 0 Å². The molecular weight excluding hydrogens is 266 g/mol. The minimum absolute atomic E-state index is 0.202. The molecule has 1 aromatic heterocycles. The second-order valence-corrected chi connectivity index (χ2v) is 5.24. The van der Waals surface area contributed by atoms with Crippen molar-refractivity contribution in [2.45, 2.75) is 24.7 Å². The number of carbonyl (C=O) groups excluding carboxylic acids is 1. The Labute approximate surface area is 123 Å². The van der Waals surface area contributed by atoms with Gasteiger partial charge in [0.25, 0.3) is 0 Å². The number of benzene rings is 1. The molecule has 1 fully saturated rings. The van der Waals surface area contributed by atoms with Crippen molar-refractivity contribution in [2.75, 3.05) is 7.11 Å². The Morgan fingerprint density at radius 1 is 1.14 bits per heavy atom. The smallest absolute Gasteiger partial charge is 0.322 e. The predicted octanol–water partition coefficient (Wildman–Crippen LogP) is 3.12. The number of hydrogen-bond donors (Lipinski definition) is 0. The van der Waals surface area contributed by atoms with E-state index in [1.165, 1.54) is 0 Å². The molecule has 21 heavy (non-hydrogen) atoms. The zero-order chi connectivity index (χ0) is 14.7. The van der Waals surface area contributed by atoms with Crippen LogP contribution in [0.1, 0.15) is 24.8 Å². The average molecular weight is 283 g/mol. The molecule has 0 unspecified atom stereocenters. The number of nitrogens with zero attached hydrogens (tertiary/aromatic N) is 1. The summed E-state index contributed by atoms with van der Waals surface area (Å²) in [7, 11) is 1.60. The Balaban J connectivity index is 1.80. The van der Waals surface area contributed by atoms with Crippen LogP contribution >= 0.6 is 0 Å². The molecule has 1 heterocycles. The van der Waals surface area contributed by atoms with Gasteiger partial charge in [0, 0.05) is 12.4 Å². The zero-order valence-corrected chi connectivity index (χ0v) is 11.9. The van der Waals surface area contributed by atoms with E-state index in [1.54, 1.807) is 43.8 Å². The van der Waals surface area contributed by atoms with Crippen LogP contribution in [0.25, 0.3) is 0 Å². The highest BCUT2D eigenvalue weighted by Crippen LogP contribution is 2.44. The molecule has 0 spiro atoms. The van der Waals surface area contributed by atoms with Crippen LogP contribution in [0.15, 0.2) is 48.8 Å². The van der Waals surface area contributed by atoms with Crippen molar-refractivity contribution >= 4 is 5.97 Å². The summed E-state index contributed by atoms with van der Waals surface area (Å²) < 4.78 is 10.6. The van der Waals surface area contributed by atoms with Gasteiger partial charge in [-0.3, -0.25) is 9.78 Å². The summed E-state index contributed by atoms with van der Waals surface area (Å²) in [4.78, 5) is 16.7. The fraction of sp³-hybridized carbons (Fsp3) is 0.294. The third kappa shape index (κ3) is 2.49. The fourth-order valence-corrected chi connectivity index (χ4v) is 2.64. The van der Waals surface area contributed by atoms with Gasteiger partial charge in [0.1, 0.15) is 11.5 Å². The molecule has 0 bridgehead atoms. The van der Waals surface area contributed by atoms with Crippen LogP contribution in [0.5, 0.6) is 11.5 Å². The second kappa shape index (κ2) is 5.56. The second-order valence-electron chi connectivity index (χ2n) is 5.24. The number of ether oxygens (including phenoxy) is 2. The number of carbonyl (C=O) groups is 1. The van der Waals surface area contributed by atoms with E-state index in [-0.39, 0.29) is 5.97 Å². The van der Waals surface area contributed by atoms with Crippen molar-refractivity contribution in [1.82, 2.24) is 4.98 Å². The van der Waals surface area contributed by atoms with Crippen molar-refractivity contribution < 1.29 is 14.3 Å². The molecule has 0 N–H and O–H groups in total. The van der Waals surface area contributed by atoms with Crippen LogP contribution < -0.4 is 9.47 Å². The number of methoxy groups -OCH3 is 1. The summed E-state index contributed by atoms with van der Waals surface area (Å²) in [5, 5.41) is 0. The van der Waals surface area contributed by atoms with Crippen molar-refractivity contribution in [2.24, 2.45) is 0 Å². The van der Waals surface area contributed by atoms with E-state index in [9.17, 15) is 4.79 Å². The highest BCUT2D eigenvalue weighted by molar-refractivity contribution is 5.86. The monoisotopic (exact) mass is 283 g/mol. The first-order chi connectivity index (χ1) is 10.2. The predicted molar refractivity (Wildman–Crippen MR) is 78.4 cm³/mol. The summed E-state index contributed by atoms with van der Waals surface area (Å²) in [5.74, 6) is 1.07. The quantitative estimate of drug-likeness (QED) is 0.639. The molecule has 1 saturated carbocycles. The van der Waals surface area contributed by atoms with Crippen molar-refractivity contribution in [3.05, 3.63) is 54.4 Å². The van der Waals surface area contributed by atoms with E-state index < -0.39 is 5.41 Å². The topological polar surface area (TPSA) is 48.4 Å². The number of rotatable bonds is 4. The van der Waals surface area contributed by atoms with Gasteiger partial charge < -0.3 is 9.47 Å². The Morgan fingerprint density at radius 2 is 1.86 bits per heavy atom. The van der Waals surface area contributed by atoms with Crippen LogP contribution in [-0.4, -0.2) is 18.1 Å². The van der Waals surface area contributed by atoms with E-state index in [1.807, 2.05) is 12.1 Å². The van der Waals surface area contributed by atoms with Crippen molar-refractivity contribution in [1.29, 1.82) is 0 Å². The van der Waals surface area contributed by atoms with E-state index in [4.69, 9.17) is 9.47 Å². The molecule has 0 saturated heterocycles. The maximum absolute atomic E-state index is 12.6. The lowest BCUT2D eigenvalue weighted by Gasteiger charge is -2.39. The van der Waals surface area contributed by atoms with Gasteiger partial charge in [0.05, 0.1) is 12.5 Å². The highest BCUT2D eigenvalue weighted by Gasteiger charge is 2.47. The van der Waals surface area contributed by atoms with Gasteiger partial charge in [-0.1, -0.05) is 12.5 Å². The first kappa shape index (κ1) is 13.6. The normalized spacial score (nSPS) is 15.9. The van der Waals surface area contributed by atoms with Gasteiger partial charge in [-0.15, -0.1) is 0 Å². The first-order valence-corrected chi connectivity index (χ1v) is 7.01. The molecule has 4 heteroatoms. The summed E-state index contributed by atoms with van der Waals surface area (Å²) >= 11 is 0.